The predicted octanol–water partition coefficient (Wildman–Crippen LogP) is 2.31. The summed E-state index contributed by atoms with van der Waals surface area (Å²) in [6, 6.07) is 12.5. The first-order valence-electron chi connectivity index (χ1n) is 21.7. The molecule has 16 nitrogen and oxygen atoms in total. The van der Waals surface area contributed by atoms with Crippen LogP contribution in [0, 0.1) is 11.8 Å². The number of hydrogen-bond acceptors (Lipinski definition) is 7. The number of amides is 6. The minimum Gasteiger partial charge on any atom is -0.370 e. The zero-order chi connectivity index (χ0) is 43.9. The molecule has 0 bridgehead atoms. The number of carbonyl (C=O) groups excluding carboxylic acids is 6. The van der Waals surface area contributed by atoms with Gasteiger partial charge in [-0.25, -0.2) is 0 Å². The summed E-state index contributed by atoms with van der Waals surface area (Å²) in [6.07, 6.45) is 9.33. The van der Waals surface area contributed by atoms with Crippen molar-refractivity contribution in [2.45, 2.75) is 121 Å². The molecule has 1 aliphatic heterocycles. The molecule has 0 radical (unpaired) electrons. The Morgan fingerprint density at radius 3 is 2.18 bits per heavy atom. The Balaban J connectivity index is 1.32. The van der Waals surface area contributed by atoms with E-state index < -0.39 is 53.8 Å². The van der Waals surface area contributed by atoms with Gasteiger partial charge in [0.1, 0.15) is 30.2 Å². The quantitative estimate of drug-likeness (QED) is 0.0476. The summed E-state index contributed by atoms with van der Waals surface area (Å²) in [5, 5.41) is 15.1. The Kier molecular flexibility index (Phi) is 17.1. The molecule has 1 saturated heterocycles. The van der Waals surface area contributed by atoms with E-state index in [9.17, 15) is 28.8 Å². The number of aromatic nitrogens is 1. The van der Waals surface area contributed by atoms with Crippen molar-refractivity contribution in [3.63, 3.8) is 0 Å². The molecule has 2 fully saturated rings. The van der Waals surface area contributed by atoms with Crippen LogP contribution in [-0.2, 0) is 41.6 Å². The van der Waals surface area contributed by atoms with Crippen LogP contribution in [0.4, 0.5) is 0 Å². The van der Waals surface area contributed by atoms with Crippen molar-refractivity contribution < 1.29 is 28.8 Å². The van der Waals surface area contributed by atoms with E-state index in [1.165, 1.54) is 11.9 Å². The number of nitrogens with zero attached hydrogens (tertiary/aromatic N) is 2. The molecule has 1 aliphatic carbocycles. The molecule has 2 heterocycles. The molecular formula is C45H64N10O6. The average molecular weight is 841 g/mol. The summed E-state index contributed by atoms with van der Waals surface area (Å²) in [4.78, 5) is 91.5. The molecule has 5 rings (SSSR count). The number of aromatic amines is 1. The number of rotatable bonds is 20. The third kappa shape index (κ3) is 13.3. The van der Waals surface area contributed by atoms with Crippen LogP contribution in [0.2, 0.25) is 0 Å². The molecular weight excluding hydrogens is 777 g/mol. The van der Waals surface area contributed by atoms with Crippen LogP contribution >= 0.6 is 0 Å². The van der Waals surface area contributed by atoms with Crippen LogP contribution in [0.15, 0.2) is 65.8 Å². The third-order valence-electron chi connectivity index (χ3n) is 11.9. The van der Waals surface area contributed by atoms with Crippen molar-refractivity contribution in [3.05, 3.63) is 71.9 Å². The minimum absolute atomic E-state index is 0.0768. The SMILES string of the molecule is CNC(=O)[C@H](CCCN=C(N)N)NC(=O)[C@H](Cc1c[nH]c2ccccc12)NC(=O)[C@@H](CC1CCCCC1)NC(=O)[C@@H]1CCCN1C(=O)[C@H](C)NC(=O)C(C)Cc1ccccc1. The van der Waals surface area contributed by atoms with Crippen LogP contribution in [0.5, 0.6) is 0 Å². The number of aliphatic imine (C=N–C) groups is 1. The highest BCUT2D eigenvalue weighted by atomic mass is 16.2. The molecule has 2 aromatic carbocycles. The molecule has 10 N–H and O–H groups in total. The van der Waals surface area contributed by atoms with Crippen LogP contribution in [-0.4, -0.2) is 102 Å². The second kappa shape index (κ2) is 22.6. The van der Waals surface area contributed by atoms with Gasteiger partial charge in [-0.3, -0.25) is 33.8 Å². The molecule has 3 aromatic rings. The Morgan fingerprint density at radius 1 is 0.770 bits per heavy atom. The van der Waals surface area contributed by atoms with Gasteiger partial charge < -0.3 is 47.9 Å². The number of benzene rings is 2. The summed E-state index contributed by atoms with van der Waals surface area (Å²) in [6.45, 7) is 4.03. The summed E-state index contributed by atoms with van der Waals surface area (Å²) < 4.78 is 0. The zero-order valence-electron chi connectivity index (χ0n) is 35.7. The number of guanidine groups is 1. The van der Waals surface area contributed by atoms with Gasteiger partial charge in [0.25, 0.3) is 0 Å². The number of nitrogens with two attached hydrogens (primary N) is 2. The van der Waals surface area contributed by atoms with E-state index in [4.69, 9.17) is 11.5 Å². The average Bonchev–Trinajstić information content (AvgIpc) is 3.92. The van der Waals surface area contributed by atoms with Crippen molar-refractivity contribution in [2.75, 3.05) is 20.1 Å². The third-order valence-corrected chi connectivity index (χ3v) is 11.9. The number of likely N-dealkylation sites (tertiary alicyclic amines) is 1. The monoisotopic (exact) mass is 841 g/mol. The summed E-state index contributed by atoms with van der Waals surface area (Å²) >= 11 is 0. The van der Waals surface area contributed by atoms with Crippen molar-refractivity contribution in [2.24, 2.45) is 28.3 Å². The number of likely N-dealkylation sites (N-methyl/N-ethyl adjacent to an activating group) is 1. The van der Waals surface area contributed by atoms with Gasteiger partial charge in [0.2, 0.25) is 35.4 Å². The number of hydrogen-bond donors (Lipinski definition) is 8. The van der Waals surface area contributed by atoms with Gasteiger partial charge in [-0.2, -0.15) is 0 Å². The largest absolute Gasteiger partial charge is 0.370 e. The van der Waals surface area contributed by atoms with Gasteiger partial charge in [0, 0.05) is 49.6 Å². The fourth-order valence-electron chi connectivity index (χ4n) is 8.51. The smallest absolute Gasteiger partial charge is 0.245 e. The van der Waals surface area contributed by atoms with Crippen molar-refractivity contribution in [1.29, 1.82) is 0 Å². The molecule has 1 saturated carbocycles. The van der Waals surface area contributed by atoms with E-state index in [0.717, 1.165) is 54.1 Å². The number of carbonyl (C=O) groups is 6. The van der Waals surface area contributed by atoms with Gasteiger partial charge in [-0.15, -0.1) is 0 Å². The lowest BCUT2D eigenvalue weighted by Gasteiger charge is -2.31. The summed E-state index contributed by atoms with van der Waals surface area (Å²) in [5.74, 6) is -2.89. The summed E-state index contributed by atoms with van der Waals surface area (Å²) in [5.41, 5.74) is 13.6. The number of nitrogens with one attached hydrogen (secondary N) is 6. The molecule has 1 unspecified atom stereocenters. The van der Waals surface area contributed by atoms with Crippen LogP contribution < -0.4 is 38.1 Å². The molecule has 6 amide bonds. The highest BCUT2D eigenvalue weighted by Crippen LogP contribution is 2.28. The molecule has 61 heavy (non-hydrogen) atoms. The molecule has 1 aromatic heterocycles. The van der Waals surface area contributed by atoms with Gasteiger partial charge in [0.15, 0.2) is 5.96 Å². The van der Waals surface area contributed by atoms with Gasteiger partial charge in [0.05, 0.1) is 0 Å². The standard InChI is InChI=1S/C45H64N10O6/c1-28(24-30-14-6-4-7-15-30)39(56)51-29(2)44(61)55-23-13-21-38(55)43(60)54-36(25-31-16-8-5-9-17-31)41(58)53-37(26-32-27-50-34-19-11-10-18-33(32)34)42(59)52-35(40(57)48-3)20-12-22-49-45(46)47/h4,6-7,10-11,14-15,18-19,27-29,31,35-38,50H,5,8-9,12-13,16-17,20-26H2,1-3H3,(H,48,57)(H,51,56)(H,52,59)(H,53,58)(H,54,60)(H4,46,47,49)/t28?,29-,35-,36+,37-,38-/m0/s1. The van der Waals surface area contributed by atoms with E-state index in [2.05, 4.69) is 36.6 Å². The fourth-order valence-corrected chi connectivity index (χ4v) is 8.51. The second-order valence-corrected chi connectivity index (χ2v) is 16.6. The van der Waals surface area contributed by atoms with E-state index in [-0.39, 0.29) is 49.0 Å². The van der Waals surface area contributed by atoms with Crippen LogP contribution in [0.3, 0.4) is 0 Å². The first kappa shape index (κ1) is 46.1. The molecule has 2 aliphatic rings. The lowest BCUT2D eigenvalue weighted by molar-refractivity contribution is -0.142. The highest BCUT2D eigenvalue weighted by molar-refractivity contribution is 5.97. The zero-order valence-corrected chi connectivity index (χ0v) is 35.7. The van der Waals surface area contributed by atoms with E-state index in [1.807, 2.05) is 61.5 Å². The first-order chi connectivity index (χ1) is 29.3. The minimum atomic E-state index is -1.12. The lowest BCUT2D eigenvalue weighted by atomic mass is 9.84. The highest BCUT2D eigenvalue weighted by Gasteiger charge is 2.39. The van der Waals surface area contributed by atoms with Gasteiger partial charge in [-0.05, 0) is 68.6 Å². The number of para-hydroxylation sites is 1. The fraction of sp³-hybridized carbons (Fsp3) is 0.533. The van der Waals surface area contributed by atoms with Crippen molar-refractivity contribution in [3.8, 4) is 0 Å². The Hall–Kier alpha value is -5.93. The predicted molar refractivity (Wildman–Crippen MR) is 235 cm³/mol. The van der Waals surface area contributed by atoms with Gasteiger partial charge >= 0.3 is 0 Å². The van der Waals surface area contributed by atoms with Crippen molar-refractivity contribution >= 4 is 52.3 Å². The number of H-pyrrole nitrogens is 1. The maximum Gasteiger partial charge on any atom is 0.245 e. The molecule has 16 heteroatoms. The normalized spacial score (nSPS) is 17.9. The maximum atomic E-state index is 14.5. The van der Waals surface area contributed by atoms with E-state index in [0.29, 0.717) is 38.6 Å². The van der Waals surface area contributed by atoms with Gasteiger partial charge in [-0.1, -0.05) is 87.6 Å². The van der Waals surface area contributed by atoms with E-state index in [1.54, 1.807) is 13.1 Å². The molecule has 0 spiro atoms. The van der Waals surface area contributed by atoms with Crippen LogP contribution in [0.25, 0.3) is 10.9 Å². The lowest BCUT2D eigenvalue weighted by Crippen LogP contribution is -2.59. The Morgan fingerprint density at radius 2 is 1.46 bits per heavy atom. The molecule has 330 valence electrons. The number of fused-ring (bicyclic) bond motifs is 1. The van der Waals surface area contributed by atoms with E-state index >= 15 is 0 Å². The second-order valence-electron chi connectivity index (χ2n) is 16.6. The van der Waals surface area contributed by atoms with Crippen molar-refractivity contribution in [1.82, 2.24) is 36.5 Å². The maximum absolute atomic E-state index is 14.5. The topological polar surface area (TPSA) is 246 Å². The first-order valence-corrected chi connectivity index (χ1v) is 21.7. The summed E-state index contributed by atoms with van der Waals surface area (Å²) in [7, 11) is 1.48. The van der Waals surface area contributed by atoms with Crippen LogP contribution in [0.1, 0.15) is 89.2 Å². The molecule has 6 atom stereocenters. The Bertz CT molecular complexity index is 1990. The Labute approximate surface area is 358 Å².